The van der Waals surface area contributed by atoms with E-state index in [1.54, 1.807) is 14.2 Å². The molecule has 1 heterocycles. The Bertz CT molecular complexity index is 889. The Hall–Kier alpha value is -2.74. The molecule has 0 saturated carbocycles. The van der Waals surface area contributed by atoms with E-state index in [1.807, 2.05) is 43.0 Å². The van der Waals surface area contributed by atoms with Gasteiger partial charge in [-0.1, -0.05) is 26.0 Å². The van der Waals surface area contributed by atoms with E-state index in [1.165, 1.54) is 4.57 Å². The number of methoxy groups -OCH3 is 2. The lowest BCUT2D eigenvalue weighted by molar-refractivity contribution is 0.196. The molecule has 0 bridgehead atoms. The van der Waals surface area contributed by atoms with Crippen LogP contribution < -0.4 is 26.6 Å². The summed E-state index contributed by atoms with van der Waals surface area (Å²) < 4.78 is 11.9. The summed E-state index contributed by atoms with van der Waals surface area (Å²) in [6.45, 7) is 5.97. The van der Waals surface area contributed by atoms with Gasteiger partial charge in [-0.25, -0.2) is 4.79 Å². The summed E-state index contributed by atoms with van der Waals surface area (Å²) in [5.41, 5.74) is 6.60. The number of anilines is 2. The number of rotatable bonds is 10. The molecule has 2 rings (SSSR count). The Morgan fingerprint density at radius 2 is 2.00 bits per heavy atom. The Morgan fingerprint density at radius 1 is 1.25 bits per heavy atom. The second-order valence-electron chi connectivity index (χ2n) is 7.12. The number of hydrogen-bond acceptors (Lipinski definition) is 6. The molecule has 1 aromatic carbocycles. The standard InChI is InChI=1S/C20H30N4O4/c1-14(2)12-24-18(21)17(19(25)22-20(24)26)23(9-6-10-27-3)13-15-7-5-8-16(11-15)28-4/h5,7-8,11,14H,6,9-10,12-13,21H2,1-4H3,(H,22,25,26). The van der Waals surface area contributed by atoms with Crippen LogP contribution in [0.25, 0.3) is 0 Å². The number of nitrogens with one attached hydrogen (secondary N) is 1. The highest BCUT2D eigenvalue weighted by atomic mass is 16.5. The third-order valence-electron chi connectivity index (χ3n) is 4.36. The SMILES string of the molecule is COCCCN(Cc1cccc(OC)c1)c1c(N)n(CC(C)C)c(=O)[nH]c1=O. The van der Waals surface area contributed by atoms with Crippen molar-refractivity contribution in [3.8, 4) is 5.75 Å². The molecule has 154 valence electrons. The van der Waals surface area contributed by atoms with Gasteiger partial charge in [0.05, 0.1) is 7.11 Å². The second kappa shape index (κ2) is 9.98. The van der Waals surface area contributed by atoms with Crippen LogP contribution in [0.2, 0.25) is 0 Å². The third kappa shape index (κ3) is 5.39. The highest BCUT2D eigenvalue weighted by molar-refractivity contribution is 5.62. The number of hydrogen-bond donors (Lipinski definition) is 2. The first-order valence-electron chi connectivity index (χ1n) is 9.36. The maximum atomic E-state index is 12.6. The first-order chi connectivity index (χ1) is 13.4. The topological polar surface area (TPSA) is 103 Å². The zero-order chi connectivity index (χ0) is 20.7. The molecule has 0 aliphatic heterocycles. The van der Waals surface area contributed by atoms with Crippen LogP contribution in [0, 0.1) is 5.92 Å². The summed E-state index contributed by atoms with van der Waals surface area (Å²) >= 11 is 0. The van der Waals surface area contributed by atoms with Crippen LogP contribution in [0.4, 0.5) is 11.5 Å². The van der Waals surface area contributed by atoms with Crippen molar-refractivity contribution in [1.29, 1.82) is 0 Å². The highest BCUT2D eigenvalue weighted by Gasteiger charge is 2.19. The summed E-state index contributed by atoms with van der Waals surface area (Å²) in [4.78, 5) is 29.2. The van der Waals surface area contributed by atoms with Crippen molar-refractivity contribution in [2.45, 2.75) is 33.4 Å². The molecule has 0 saturated heterocycles. The van der Waals surface area contributed by atoms with Crippen molar-refractivity contribution in [2.75, 3.05) is 38.0 Å². The number of ether oxygens (including phenoxy) is 2. The normalized spacial score (nSPS) is 11.0. The molecule has 0 radical (unpaired) electrons. The molecule has 0 spiro atoms. The number of aromatic nitrogens is 2. The van der Waals surface area contributed by atoms with Crippen molar-refractivity contribution in [3.05, 3.63) is 50.7 Å². The lowest BCUT2D eigenvalue weighted by atomic mass is 10.2. The molecule has 0 aliphatic carbocycles. The van der Waals surface area contributed by atoms with Crippen LogP contribution in [-0.4, -0.2) is 36.9 Å². The number of H-pyrrole nitrogens is 1. The van der Waals surface area contributed by atoms with Crippen molar-refractivity contribution >= 4 is 11.5 Å². The van der Waals surface area contributed by atoms with Gasteiger partial charge in [0.15, 0.2) is 0 Å². The van der Waals surface area contributed by atoms with Crippen LogP contribution in [0.1, 0.15) is 25.8 Å². The van der Waals surface area contributed by atoms with E-state index < -0.39 is 11.2 Å². The minimum atomic E-state index is -0.488. The van der Waals surface area contributed by atoms with Gasteiger partial charge in [-0.15, -0.1) is 0 Å². The summed E-state index contributed by atoms with van der Waals surface area (Å²) in [5.74, 6) is 1.13. The predicted octanol–water partition coefficient (Wildman–Crippen LogP) is 1.83. The van der Waals surface area contributed by atoms with Crippen LogP contribution in [0.15, 0.2) is 33.9 Å². The summed E-state index contributed by atoms with van der Waals surface area (Å²) in [5, 5.41) is 0. The first kappa shape index (κ1) is 21.6. The zero-order valence-electron chi connectivity index (χ0n) is 17.0. The predicted molar refractivity (Wildman–Crippen MR) is 111 cm³/mol. The Balaban J connectivity index is 2.47. The highest BCUT2D eigenvalue weighted by Crippen LogP contribution is 2.22. The molecule has 2 aromatic rings. The lowest BCUT2D eigenvalue weighted by Gasteiger charge is -2.26. The molecule has 8 nitrogen and oxygen atoms in total. The van der Waals surface area contributed by atoms with E-state index in [9.17, 15) is 9.59 Å². The van der Waals surface area contributed by atoms with Gasteiger partial charge >= 0.3 is 5.69 Å². The van der Waals surface area contributed by atoms with Crippen LogP contribution in [-0.2, 0) is 17.8 Å². The first-order valence-corrected chi connectivity index (χ1v) is 9.36. The molecule has 1 aromatic heterocycles. The largest absolute Gasteiger partial charge is 0.497 e. The van der Waals surface area contributed by atoms with Gasteiger partial charge in [0.1, 0.15) is 17.3 Å². The maximum Gasteiger partial charge on any atom is 0.330 e. The van der Waals surface area contributed by atoms with Gasteiger partial charge < -0.3 is 20.1 Å². The van der Waals surface area contributed by atoms with Crippen molar-refractivity contribution in [3.63, 3.8) is 0 Å². The summed E-state index contributed by atoms with van der Waals surface area (Å²) in [6, 6.07) is 7.63. The Morgan fingerprint density at radius 3 is 2.64 bits per heavy atom. The van der Waals surface area contributed by atoms with E-state index in [4.69, 9.17) is 15.2 Å². The van der Waals surface area contributed by atoms with E-state index in [0.29, 0.717) is 38.3 Å². The van der Waals surface area contributed by atoms with E-state index >= 15 is 0 Å². The van der Waals surface area contributed by atoms with E-state index in [0.717, 1.165) is 11.3 Å². The molecule has 8 heteroatoms. The number of nitrogens with zero attached hydrogens (tertiary/aromatic N) is 2. The molecule has 28 heavy (non-hydrogen) atoms. The van der Waals surface area contributed by atoms with Gasteiger partial charge in [0, 0.05) is 33.4 Å². The monoisotopic (exact) mass is 390 g/mol. The van der Waals surface area contributed by atoms with Gasteiger partial charge in [-0.3, -0.25) is 14.3 Å². The molecule has 0 amide bonds. The smallest absolute Gasteiger partial charge is 0.330 e. The average Bonchev–Trinajstić information content (AvgIpc) is 2.65. The number of nitrogen functional groups attached to an aromatic ring is 1. The Labute approximate surface area is 164 Å². The molecular formula is C20H30N4O4. The molecule has 0 unspecified atom stereocenters. The fraction of sp³-hybridized carbons (Fsp3) is 0.500. The lowest BCUT2D eigenvalue weighted by Crippen LogP contribution is -2.39. The van der Waals surface area contributed by atoms with Gasteiger partial charge in [-0.05, 0) is 30.0 Å². The second-order valence-corrected chi connectivity index (χ2v) is 7.12. The van der Waals surface area contributed by atoms with Crippen molar-refractivity contribution < 1.29 is 9.47 Å². The zero-order valence-corrected chi connectivity index (χ0v) is 17.0. The molecule has 0 fully saturated rings. The molecular weight excluding hydrogens is 360 g/mol. The Kier molecular flexibility index (Phi) is 7.69. The maximum absolute atomic E-state index is 12.6. The quantitative estimate of drug-likeness (QED) is 0.600. The van der Waals surface area contributed by atoms with E-state index in [-0.39, 0.29) is 11.7 Å². The summed E-state index contributed by atoms with van der Waals surface area (Å²) in [7, 11) is 3.25. The minimum absolute atomic E-state index is 0.183. The van der Waals surface area contributed by atoms with Crippen molar-refractivity contribution in [2.24, 2.45) is 5.92 Å². The number of benzene rings is 1. The molecule has 0 aliphatic rings. The van der Waals surface area contributed by atoms with Crippen molar-refractivity contribution in [1.82, 2.24) is 9.55 Å². The molecule has 0 atom stereocenters. The van der Waals surface area contributed by atoms with E-state index in [2.05, 4.69) is 4.98 Å². The number of nitrogens with two attached hydrogens (primary N) is 1. The van der Waals surface area contributed by atoms with Gasteiger partial charge in [0.25, 0.3) is 5.56 Å². The average molecular weight is 390 g/mol. The van der Waals surface area contributed by atoms with Gasteiger partial charge in [-0.2, -0.15) is 0 Å². The third-order valence-corrected chi connectivity index (χ3v) is 4.36. The van der Waals surface area contributed by atoms with Crippen LogP contribution >= 0.6 is 0 Å². The fourth-order valence-electron chi connectivity index (χ4n) is 3.09. The van der Waals surface area contributed by atoms with Crippen LogP contribution in [0.3, 0.4) is 0 Å². The summed E-state index contributed by atoms with van der Waals surface area (Å²) in [6.07, 6.45) is 0.711. The van der Waals surface area contributed by atoms with Crippen LogP contribution in [0.5, 0.6) is 5.75 Å². The number of aromatic amines is 1. The fourth-order valence-corrected chi connectivity index (χ4v) is 3.09. The molecule has 3 N–H and O–H groups in total. The van der Waals surface area contributed by atoms with Gasteiger partial charge in [0.2, 0.25) is 0 Å². The minimum Gasteiger partial charge on any atom is -0.497 e.